The van der Waals surface area contributed by atoms with E-state index in [1.165, 1.54) is 0 Å². The van der Waals surface area contributed by atoms with E-state index in [-0.39, 0.29) is 18.1 Å². The van der Waals surface area contributed by atoms with Crippen molar-refractivity contribution in [3.8, 4) is 0 Å². The monoisotopic (exact) mass is 313 g/mol. The number of hydrogen-bond acceptors (Lipinski definition) is 5. The van der Waals surface area contributed by atoms with Gasteiger partial charge in [-0.1, -0.05) is 0 Å². The Morgan fingerprint density at radius 3 is 3.15 bits per heavy atom. The maximum Gasteiger partial charge on any atom is 0.244 e. The molecule has 0 aliphatic carbocycles. The molecule has 1 aromatic rings. The van der Waals surface area contributed by atoms with Gasteiger partial charge in [0.1, 0.15) is 0 Å². The van der Waals surface area contributed by atoms with Crippen LogP contribution in [0, 0.1) is 0 Å². The SMILES string of the molecule is O=C(/C=C/c1ccsc1)NCC1(OCCO)CCSC1. The lowest BCUT2D eigenvalue weighted by atomic mass is 10.0. The van der Waals surface area contributed by atoms with Crippen LogP contribution < -0.4 is 5.32 Å². The van der Waals surface area contributed by atoms with Crippen LogP contribution in [-0.4, -0.2) is 47.9 Å². The molecule has 2 heterocycles. The molecule has 20 heavy (non-hydrogen) atoms. The third-order valence-corrected chi connectivity index (χ3v) is 5.05. The van der Waals surface area contributed by atoms with Crippen molar-refractivity contribution in [2.24, 2.45) is 0 Å². The summed E-state index contributed by atoms with van der Waals surface area (Å²) >= 11 is 3.42. The zero-order valence-corrected chi connectivity index (χ0v) is 12.8. The van der Waals surface area contributed by atoms with Gasteiger partial charge < -0.3 is 15.2 Å². The Morgan fingerprint density at radius 1 is 1.60 bits per heavy atom. The van der Waals surface area contributed by atoms with E-state index < -0.39 is 0 Å². The van der Waals surface area contributed by atoms with E-state index in [0.717, 1.165) is 23.5 Å². The van der Waals surface area contributed by atoms with Crippen LogP contribution in [0.5, 0.6) is 0 Å². The molecule has 1 aliphatic heterocycles. The number of aliphatic hydroxyl groups is 1. The molecular weight excluding hydrogens is 294 g/mol. The molecular formula is C14H19NO3S2. The van der Waals surface area contributed by atoms with E-state index in [1.807, 2.05) is 28.6 Å². The highest BCUT2D eigenvalue weighted by atomic mass is 32.2. The van der Waals surface area contributed by atoms with Gasteiger partial charge in [0, 0.05) is 18.4 Å². The molecule has 2 rings (SSSR count). The van der Waals surface area contributed by atoms with Gasteiger partial charge in [0.05, 0.1) is 18.8 Å². The average molecular weight is 313 g/mol. The molecule has 6 heteroatoms. The van der Waals surface area contributed by atoms with Gasteiger partial charge in [0.15, 0.2) is 0 Å². The molecule has 1 atom stereocenters. The Bertz CT molecular complexity index is 439. The van der Waals surface area contributed by atoms with Crippen molar-refractivity contribution in [1.29, 1.82) is 0 Å². The summed E-state index contributed by atoms with van der Waals surface area (Å²) in [7, 11) is 0. The van der Waals surface area contributed by atoms with Gasteiger partial charge >= 0.3 is 0 Å². The van der Waals surface area contributed by atoms with Gasteiger partial charge in [-0.25, -0.2) is 0 Å². The van der Waals surface area contributed by atoms with Crippen molar-refractivity contribution in [1.82, 2.24) is 5.32 Å². The summed E-state index contributed by atoms with van der Waals surface area (Å²) in [6, 6.07) is 1.97. The third-order valence-electron chi connectivity index (χ3n) is 3.12. The predicted octanol–water partition coefficient (Wildman–Crippen LogP) is 1.76. The maximum absolute atomic E-state index is 11.8. The summed E-state index contributed by atoms with van der Waals surface area (Å²) in [5, 5.41) is 15.7. The fraction of sp³-hybridized carbons (Fsp3) is 0.500. The smallest absolute Gasteiger partial charge is 0.244 e. The molecule has 1 aromatic heterocycles. The quantitative estimate of drug-likeness (QED) is 0.753. The van der Waals surface area contributed by atoms with Gasteiger partial charge in [0.25, 0.3) is 0 Å². The van der Waals surface area contributed by atoms with Gasteiger partial charge in [-0.05, 0) is 40.6 Å². The Labute approximate surface area is 127 Å². The van der Waals surface area contributed by atoms with Crippen LogP contribution in [0.2, 0.25) is 0 Å². The van der Waals surface area contributed by atoms with E-state index in [4.69, 9.17) is 9.84 Å². The van der Waals surface area contributed by atoms with E-state index >= 15 is 0 Å². The van der Waals surface area contributed by atoms with Gasteiger partial charge in [-0.3, -0.25) is 4.79 Å². The maximum atomic E-state index is 11.8. The Hall–Kier alpha value is -0.820. The number of ether oxygens (including phenoxy) is 1. The predicted molar refractivity (Wildman–Crippen MR) is 84.1 cm³/mol. The van der Waals surface area contributed by atoms with Crippen LogP contribution in [0.1, 0.15) is 12.0 Å². The lowest BCUT2D eigenvalue weighted by Gasteiger charge is -2.28. The number of carbonyl (C=O) groups excluding carboxylic acids is 1. The number of rotatable bonds is 7. The fourth-order valence-electron chi connectivity index (χ4n) is 2.00. The number of aliphatic hydroxyl groups excluding tert-OH is 1. The standard InChI is InChI=1S/C14H19NO3S2/c16-5-6-18-14(4-8-20-11-14)10-15-13(17)2-1-12-3-7-19-9-12/h1-3,7,9,16H,4-6,8,10-11H2,(H,15,17)/b2-1+. The molecule has 0 spiro atoms. The Kier molecular flexibility index (Phi) is 6.09. The number of carbonyl (C=O) groups is 1. The molecule has 1 fully saturated rings. The number of nitrogens with one attached hydrogen (secondary N) is 1. The van der Waals surface area contributed by atoms with Crippen LogP contribution in [0.4, 0.5) is 0 Å². The van der Waals surface area contributed by atoms with Crippen molar-refractivity contribution >= 4 is 35.1 Å². The van der Waals surface area contributed by atoms with Crippen LogP contribution in [-0.2, 0) is 9.53 Å². The van der Waals surface area contributed by atoms with Crippen molar-refractivity contribution in [3.63, 3.8) is 0 Å². The lowest BCUT2D eigenvalue weighted by Crippen LogP contribution is -2.45. The molecule has 1 saturated heterocycles. The van der Waals surface area contributed by atoms with Crippen LogP contribution in [0.3, 0.4) is 0 Å². The zero-order chi connectivity index (χ0) is 14.3. The molecule has 0 aromatic carbocycles. The zero-order valence-electron chi connectivity index (χ0n) is 11.2. The van der Waals surface area contributed by atoms with E-state index in [0.29, 0.717) is 13.2 Å². The minimum Gasteiger partial charge on any atom is -0.394 e. The van der Waals surface area contributed by atoms with Crippen LogP contribution in [0.15, 0.2) is 22.9 Å². The number of thiophene rings is 1. The first-order chi connectivity index (χ1) is 9.74. The molecule has 4 nitrogen and oxygen atoms in total. The largest absolute Gasteiger partial charge is 0.394 e. The summed E-state index contributed by atoms with van der Waals surface area (Å²) in [6.45, 7) is 0.826. The number of amides is 1. The molecule has 1 amide bonds. The molecule has 2 N–H and O–H groups in total. The average Bonchev–Trinajstić information content (AvgIpc) is 3.13. The first kappa shape index (κ1) is 15.6. The summed E-state index contributed by atoms with van der Waals surface area (Å²) < 4.78 is 5.73. The molecule has 1 unspecified atom stereocenters. The number of hydrogen-bond donors (Lipinski definition) is 2. The van der Waals surface area contributed by atoms with Crippen molar-refractivity contribution in [2.45, 2.75) is 12.0 Å². The second-order valence-electron chi connectivity index (χ2n) is 4.67. The second-order valence-corrected chi connectivity index (χ2v) is 6.55. The van der Waals surface area contributed by atoms with E-state index in [9.17, 15) is 4.79 Å². The molecule has 1 aliphatic rings. The van der Waals surface area contributed by atoms with E-state index in [1.54, 1.807) is 23.5 Å². The van der Waals surface area contributed by atoms with Crippen LogP contribution in [0.25, 0.3) is 6.08 Å². The van der Waals surface area contributed by atoms with Crippen molar-refractivity contribution < 1.29 is 14.6 Å². The Balaban J connectivity index is 1.81. The molecule has 110 valence electrons. The topological polar surface area (TPSA) is 58.6 Å². The summed E-state index contributed by atoms with van der Waals surface area (Å²) in [5.41, 5.74) is 0.715. The normalized spacial score (nSPS) is 22.4. The Morgan fingerprint density at radius 2 is 2.50 bits per heavy atom. The third kappa shape index (κ3) is 4.63. The van der Waals surface area contributed by atoms with Crippen molar-refractivity contribution in [3.05, 3.63) is 28.5 Å². The highest BCUT2D eigenvalue weighted by Crippen LogP contribution is 2.30. The molecule has 0 bridgehead atoms. The number of thioether (sulfide) groups is 1. The first-order valence-corrected chi connectivity index (χ1v) is 8.64. The molecule has 0 radical (unpaired) electrons. The minimum atomic E-state index is -0.320. The second kappa shape index (κ2) is 7.83. The summed E-state index contributed by atoms with van der Waals surface area (Å²) in [5.74, 6) is 1.79. The minimum absolute atomic E-state index is 0.0123. The highest BCUT2D eigenvalue weighted by Gasteiger charge is 2.35. The first-order valence-electron chi connectivity index (χ1n) is 6.55. The van der Waals surface area contributed by atoms with Crippen LogP contribution >= 0.6 is 23.1 Å². The van der Waals surface area contributed by atoms with Gasteiger partial charge in [0.2, 0.25) is 5.91 Å². The lowest BCUT2D eigenvalue weighted by molar-refractivity contribution is -0.118. The summed E-state index contributed by atoms with van der Waals surface area (Å²) in [6.07, 6.45) is 4.26. The van der Waals surface area contributed by atoms with Gasteiger partial charge in [-0.2, -0.15) is 23.1 Å². The van der Waals surface area contributed by atoms with E-state index in [2.05, 4.69) is 5.32 Å². The van der Waals surface area contributed by atoms with Gasteiger partial charge in [-0.15, -0.1) is 0 Å². The highest BCUT2D eigenvalue weighted by molar-refractivity contribution is 7.99. The molecule has 0 saturated carbocycles. The fourth-order valence-corrected chi connectivity index (χ4v) is 3.99. The summed E-state index contributed by atoms with van der Waals surface area (Å²) in [4.78, 5) is 11.8. The van der Waals surface area contributed by atoms with Crippen molar-refractivity contribution in [2.75, 3.05) is 31.3 Å².